The van der Waals surface area contributed by atoms with Crippen LogP contribution in [0.4, 0.5) is 4.39 Å². The van der Waals surface area contributed by atoms with E-state index in [0.29, 0.717) is 21.5 Å². The van der Waals surface area contributed by atoms with Gasteiger partial charge in [0.25, 0.3) is 0 Å². The fourth-order valence-electron chi connectivity index (χ4n) is 2.06. The molecule has 0 saturated carbocycles. The maximum atomic E-state index is 13.2. The highest BCUT2D eigenvalue weighted by Gasteiger charge is 2.24. The summed E-state index contributed by atoms with van der Waals surface area (Å²) in [6.07, 6.45) is 0.612. The zero-order chi connectivity index (χ0) is 14.9. The van der Waals surface area contributed by atoms with E-state index in [9.17, 15) is 9.50 Å². The van der Waals surface area contributed by atoms with Crippen LogP contribution in [0.15, 0.2) is 28.9 Å². The van der Waals surface area contributed by atoms with E-state index in [1.54, 1.807) is 16.9 Å². The van der Waals surface area contributed by atoms with Crippen LogP contribution >= 0.6 is 15.9 Å². The van der Waals surface area contributed by atoms with Crippen LogP contribution in [0.5, 0.6) is 5.75 Å². The number of ether oxygens (including phenoxy) is 1. The second-order valence-electron chi connectivity index (χ2n) is 4.70. The van der Waals surface area contributed by atoms with Crippen molar-refractivity contribution in [2.24, 2.45) is 0 Å². The molecule has 0 amide bonds. The quantitative estimate of drug-likeness (QED) is 0.925. The smallest absolute Gasteiger partial charge is 0.163 e. The Kier molecular flexibility index (Phi) is 4.45. The lowest BCUT2D eigenvalue weighted by Crippen LogP contribution is -2.13. The molecule has 1 unspecified atom stereocenters. The van der Waals surface area contributed by atoms with Crippen LogP contribution in [0.2, 0.25) is 0 Å². The molecule has 1 atom stereocenters. The fourth-order valence-corrected chi connectivity index (χ4v) is 2.62. The molecule has 0 spiro atoms. The van der Waals surface area contributed by atoms with Gasteiger partial charge in [-0.3, -0.25) is 4.68 Å². The van der Waals surface area contributed by atoms with E-state index in [0.717, 1.165) is 0 Å². The second-order valence-corrected chi connectivity index (χ2v) is 5.56. The molecule has 0 fully saturated rings. The van der Waals surface area contributed by atoms with E-state index in [-0.39, 0.29) is 11.9 Å². The van der Waals surface area contributed by atoms with Gasteiger partial charge in [-0.1, -0.05) is 22.0 Å². The summed E-state index contributed by atoms with van der Waals surface area (Å²) in [6.45, 7) is 3.92. The number of aromatic nitrogens is 2. The van der Waals surface area contributed by atoms with Gasteiger partial charge < -0.3 is 9.84 Å². The molecule has 6 heteroatoms. The number of methoxy groups -OCH3 is 1. The molecule has 0 aliphatic heterocycles. The van der Waals surface area contributed by atoms with Crippen LogP contribution in [0.25, 0.3) is 0 Å². The summed E-state index contributed by atoms with van der Waals surface area (Å²) < 4.78 is 20.6. The average Bonchev–Trinajstić information content (AvgIpc) is 2.81. The maximum Gasteiger partial charge on any atom is 0.163 e. The standard InChI is InChI=1S/C14H16BrFN2O2/c1-8(2)18-13(12(20-3)7-17-18)14(19)10-5-4-9(16)6-11(10)15/h4-8,14,19H,1-3H3. The van der Waals surface area contributed by atoms with Crippen LogP contribution in [0.1, 0.15) is 37.3 Å². The summed E-state index contributed by atoms with van der Waals surface area (Å²) in [7, 11) is 1.53. The summed E-state index contributed by atoms with van der Waals surface area (Å²) in [5.41, 5.74) is 1.11. The maximum absolute atomic E-state index is 13.2. The van der Waals surface area contributed by atoms with Crippen molar-refractivity contribution in [3.8, 4) is 5.75 Å². The van der Waals surface area contributed by atoms with Gasteiger partial charge in [0.05, 0.1) is 13.3 Å². The zero-order valence-electron chi connectivity index (χ0n) is 11.5. The first-order valence-corrected chi connectivity index (χ1v) is 6.99. The van der Waals surface area contributed by atoms with Gasteiger partial charge in [0.15, 0.2) is 5.75 Å². The molecule has 0 radical (unpaired) electrons. The molecule has 108 valence electrons. The van der Waals surface area contributed by atoms with Crippen molar-refractivity contribution in [2.75, 3.05) is 7.11 Å². The van der Waals surface area contributed by atoms with E-state index < -0.39 is 6.10 Å². The first-order valence-electron chi connectivity index (χ1n) is 6.20. The zero-order valence-corrected chi connectivity index (χ0v) is 13.1. The fraction of sp³-hybridized carbons (Fsp3) is 0.357. The molecule has 1 heterocycles. The predicted octanol–water partition coefficient (Wildman–Crippen LogP) is 3.46. The van der Waals surface area contributed by atoms with Gasteiger partial charge in [-0.25, -0.2) is 4.39 Å². The number of benzene rings is 1. The van der Waals surface area contributed by atoms with Crippen LogP contribution in [0, 0.1) is 5.82 Å². The molecule has 4 nitrogen and oxygen atoms in total. The molecule has 0 bridgehead atoms. The molecule has 0 aliphatic carbocycles. The third kappa shape index (κ3) is 2.71. The number of aliphatic hydroxyl groups excluding tert-OH is 1. The van der Waals surface area contributed by atoms with E-state index in [1.165, 1.54) is 19.2 Å². The van der Waals surface area contributed by atoms with E-state index in [4.69, 9.17) is 4.74 Å². The van der Waals surface area contributed by atoms with Crippen molar-refractivity contribution in [3.63, 3.8) is 0 Å². The lowest BCUT2D eigenvalue weighted by Gasteiger charge is -2.18. The molecule has 1 aromatic carbocycles. The average molecular weight is 343 g/mol. The van der Waals surface area contributed by atoms with Gasteiger partial charge in [-0.15, -0.1) is 0 Å². The molecular formula is C14H16BrFN2O2. The normalized spacial score (nSPS) is 12.8. The SMILES string of the molecule is COc1cnn(C(C)C)c1C(O)c1ccc(F)cc1Br. The first-order chi connectivity index (χ1) is 9.45. The molecule has 20 heavy (non-hydrogen) atoms. The Hall–Kier alpha value is -1.40. The van der Waals surface area contributed by atoms with E-state index in [2.05, 4.69) is 21.0 Å². The third-order valence-electron chi connectivity index (χ3n) is 3.02. The number of hydrogen-bond donors (Lipinski definition) is 1. The summed E-state index contributed by atoms with van der Waals surface area (Å²) in [5.74, 6) is 0.139. The van der Waals surface area contributed by atoms with Gasteiger partial charge >= 0.3 is 0 Å². The van der Waals surface area contributed by atoms with Crippen molar-refractivity contribution >= 4 is 15.9 Å². The molecule has 1 aromatic heterocycles. The topological polar surface area (TPSA) is 47.3 Å². The van der Waals surface area contributed by atoms with Gasteiger partial charge in [0, 0.05) is 16.1 Å². The second kappa shape index (κ2) is 5.93. The molecule has 0 aliphatic rings. The third-order valence-corrected chi connectivity index (χ3v) is 3.71. The van der Waals surface area contributed by atoms with Crippen LogP contribution < -0.4 is 4.74 Å². The first kappa shape index (κ1) is 15.0. The minimum absolute atomic E-state index is 0.0720. The van der Waals surface area contributed by atoms with Gasteiger partial charge in [-0.2, -0.15) is 5.10 Å². The van der Waals surface area contributed by atoms with Crippen LogP contribution in [0.3, 0.4) is 0 Å². The van der Waals surface area contributed by atoms with Gasteiger partial charge in [0.2, 0.25) is 0 Å². The van der Waals surface area contributed by atoms with Gasteiger partial charge in [0.1, 0.15) is 17.6 Å². The Morgan fingerprint density at radius 3 is 2.65 bits per heavy atom. The number of nitrogens with zero attached hydrogens (tertiary/aromatic N) is 2. The van der Waals surface area contributed by atoms with Crippen molar-refractivity contribution in [3.05, 3.63) is 45.9 Å². The minimum atomic E-state index is -0.954. The lowest BCUT2D eigenvalue weighted by molar-refractivity contribution is 0.198. The van der Waals surface area contributed by atoms with Crippen molar-refractivity contribution in [1.82, 2.24) is 9.78 Å². The van der Waals surface area contributed by atoms with Gasteiger partial charge in [-0.05, 0) is 26.0 Å². The Balaban J connectivity index is 2.52. The van der Waals surface area contributed by atoms with Crippen molar-refractivity contribution < 1.29 is 14.2 Å². The van der Waals surface area contributed by atoms with E-state index >= 15 is 0 Å². The number of hydrogen-bond acceptors (Lipinski definition) is 3. The molecule has 2 aromatic rings. The monoisotopic (exact) mass is 342 g/mol. The highest BCUT2D eigenvalue weighted by atomic mass is 79.9. The number of rotatable bonds is 4. The van der Waals surface area contributed by atoms with Crippen LogP contribution in [-0.2, 0) is 0 Å². The number of aliphatic hydroxyl groups is 1. The molecular weight excluding hydrogens is 327 g/mol. The summed E-state index contributed by atoms with van der Waals surface area (Å²) in [6, 6.07) is 4.25. The van der Waals surface area contributed by atoms with E-state index in [1.807, 2.05) is 13.8 Å². The minimum Gasteiger partial charge on any atom is -0.493 e. The molecule has 1 N–H and O–H groups in total. The Labute approximate surface area is 125 Å². The summed E-state index contributed by atoms with van der Waals surface area (Å²) in [4.78, 5) is 0. The summed E-state index contributed by atoms with van der Waals surface area (Å²) >= 11 is 3.27. The van der Waals surface area contributed by atoms with Crippen molar-refractivity contribution in [2.45, 2.75) is 26.0 Å². The number of halogens is 2. The van der Waals surface area contributed by atoms with Crippen molar-refractivity contribution in [1.29, 1.82) is 0 Å². The predicted molar refractivity (Wildman–Crippen MR) is 77.3 cm³/mol. The summed E-state index contributed by atoms with van der Waals surface area (Å²) in [5, 5.41) is 14.8. The lowest BCUT2D eigenvalue weighted by atomic mass is 10.1. The Morgan fingerprint density at radius 1 is 1.40 bits per heavy atom. The highest BCUT2D eigenvalue weighted by Crippen LogP contribution is 2.35. The van der Waals surface area contributed by atoms with Crippen LogP contribution in [-0.4, -0.2) is 22.0 Å². The Bertz CT molecular complexity index is 613. The highest BCUT2D eigenvalue weighted by molar-refractivity contribution is 9.10. The Morgan fingerprint density at radius 2 is 2.10 bits per heavy atom. The molecule has 0 saturated heterocycles. The largest absolute Gasteiger partial charge is 0.493 e. The molecule has 2 rings (SSSR count).